The van der Waals surface area contributed by atoms with Crippen molar-refractivity contribution < 1.29 is 29.9 Å². The van der Waals surface area contributed by atoms with Gasteiger partial charge in [0.2, 0.25) is 5.75 Å². The first-order valence-electron chi connectivity index (χ1n) is 11.1. The second kappa shape index (κ2) is 10.7. The Labute approximate surface area is 184 Å². The van der Waals surface area contributed by atoms with E-state index < -0.39 is 12.2 Å². The molecule has 1 saturated heterocycles. The van der Waals surface area contributed by atoms with Crippen LogP contribution >= 0.6 is 0 Å². The number of hydrogen-bond acceptors (Lipinski definition) is 6. The van der Waals surface area contributed by atoms with Crippen LogP contribution in [0.4, 0.5) is 0 Å². The van der Waals surface area contributed by atoms with Gasteiger partial charge in [0.15, 0.2) is 11.5 Å². The molecule has 2 aromatic rings. The molecule has 170 valence electrons. The van der Waals surface area contributed by atoms with Gasteiger partial charge in [-0.3, -0.25) is 0 Å². The van der Waals surface area contributed by atoms with Gasteiger partial charge < -0.3 is 29.9 Å². The Morgan fingerprint density at radius 3 is 2.55 bits per heavy atom. The third-order valence-electron chi connectivity index (χ3n) is 6.00. The molecule has 6 nitrogen and oxygen atoms in total. The van der Waals surface area contributed by atoms with Crippen LogP contribution in [0.1, 0.15) is 68.2 Å². The normalized spacial score (nSPS) is 21.2. The number of methoxy groups -OCH3 is 1. The van der Waals surface area contributed by atoms with E-state index in [2.05, 4.69) is 13.0 Å². The van der Waals surface area contributed by atoms with E-state index >= 15 is 0 Å². The molecule has 3 rings (SSSR count). The second-order valence-corrected chi connectivity index (χ2v) is 8.42. The van der Waals surface area contributed by atoms with Crippen LogP contribution in [-0.4, -0.2) is 39.7 Å². The van der Waals surface area contributed by atoms with Crippen molar-refractivity contribution in [2.45, 2.75) is 76.6 Å². The first-order chi connectivity index (χ1) is 14.9. The second-order valence-electron chi connectivity index (χ2n) is 8.42. The van der Waals surface area contributed by atoms with Gasteiger partial charge in [0.05, 0.1) is 25.4 Å². The van der Waals surface area contributed by atoms with Crippen molar-refractivity contribution in [2.75, 3.05) is 7.11 Å². The van der Waals surface area contributed by atoms with Gasteiger partial charge in [-0.2, -0.15) is 0 Å². The summed E-state index contributed by atoms with van der Waals surface area (Å²) < 4.78 is 11.4. The number of phenols is 3. The van der Waals surface area contributed by atoms with Crippen LogP contribution in [0.15, 0.2) is 30.3 Å². The Morgan fingerprint density at radius 1 is 1.00 bits per heavy atom. The zero-order valence-corrected chi connectivity index (χ0v) is 18.4. The zero-order valence-electron chi connectivity index (χ0n) is 18.4. The molecule has 0 radical (unpaired) electrons. The highest BCUT2D eigenvalue weighted by Crippen LogP contribution is 2.41. The number of aliphatic hydroxyl groups is 1. The standard InChI is InChI=1S/C25H34O6/c1-3-4-5-6-17-11-16(8-10-21(17)27)7-9-20-14-19(26)15-23(31-20)18-12-22(28)25(29)24(13-18)30-2/h8,10-13,19-20,23,26-29H,3-7,9,14-15H2,1-2H3/t19-,20-,23+/m1/s1. The first kappa shape index (κ1) is 23.2. The largest absolute Gasteiger partial charge is 0.508 e. The summed E-state index contributed by atoms with van der Waals surface area (Å²) >= 11 is 0. The molecule has 1 heterocycles. The Hall–Kier alpha value is -2.44. The molecule has 0 spiro atoms. The smallest absolute Gasteiger partial charge is 0.200 e. The summed E-state index contributed by atoms with van der Waals surface area (Å²) in [6.07, 6.45) is 5.72. The Kier molecular flexibility index (Phi) is 8.04. The highest BCUT2D eigenvalue weighted by atomic mass is 16.5. The molecule has 0 unspecified atom stereocenters. The summed E-state index contributed by atoms with van der Waals surface area (Å²) in [5.74, 6) is -0.0456. The lowest BCUT2D eigenvalue weighted by Gasteiger charge is -2.34. The van der Waals surface area contributed by atoms with Gasteiger partial charge in [0, 0.05) is 6.42 Å². The maximum Gasteiger partial charge on any atom is 0.200 e. The molecule has 1 aliphatic heterocycles. The number of phenolic OH excluding ortho intramolecular Hbond substituents is 3. The van der Waals surface area contributed by atoms with E-state index in [0.29, 0.717) is 24.2 Å². The molecule has 6 heteroatoms. The van der Waals surface area contributed by atoms with E-state index in [4.69, 9.17) is 9.47 Å². The van der Waals surface area contributed by atoms with Crippen LogP contribution in [0.5, 0.6) is 23.0 Å². The number of unbranched alkanes of at least 4 members (excludes halogenated alkanes) is 2. The van der Waals surface area contributed by atoms with Crippen LogP contribution in [0, 0.1) is 0 Å². The molecular formula is C25H34O6. The number of rotatable bonds is 9. The minimum Gasteiger partial charge on any atom is -0.508 e. The predicted molar refractivity (Wildman–Crippen MR) is 119 cm³/mol. The van der Waals surface area contributed by atoms with Gasteiger partial charge >= 0.3 is 0 Å². The number of aryl methyl sites for hydroxylation is 2. The number of aliphatic hydroxyl groups excluding tert-OH is 1. The predicted octanol–water partition coefficient (Wildman–Crippen LogP) is 4.76. The van der Waals surface area contributed by atoms with Crippen molar-refractivity contribution in [3.05, 3.63) is 47.0 Å². The van der Waals surface area contributed by atoms with E-state index in [1.54, 1.807) is 12.1 Å². The van der Waals surface area contributed by atoms with Crippen LogP contribution < -0.4 is 4.74 Å². The zero-order chi connectivity index (χ0) is 22.4. The van der Waals surface area contributed by atoms with Crippen molar-refractivity contribution in [1.82, 2.24) is 0 Å². The summed E-state index contributed by atoms with van der Waals surface area (Å²) in [5.41, 5.74) is 2.80. The SMILES string of the molecule is CCCCCc1cc(CC[C@@H]2C[C@@H](O)C[C@@H](c3cc(O)c(O)c(OC)c3)O2)ccc1O. The number of hydrogen-bond donors (Lipinski definition) is 4. The summed E-state index contributed by atoms with van der Waals surface area (Å²) in [6, 6.07) is 8.88. The lowest BCUT2D eigenvalue weighted by atomic mass is 9.92. The van der Waals surface area contributed by atoms with E-state index in [1.165, 1.54) is 13.2 Å². The lowest BCUT2D eigenvalue weighted by molar-refractivity contribution is -0.0999. The monoisotopic (exact) mass is 430 g/mol. The molecule has 2 aromatic carbocycles. The Bertz CT molecular complexity index is 865. The van der Waals surface area contributed by atoms with Gasteiger partial charge in [-0.15, -0.1) is 0 Å². The fraction of sp³-hybridized carbons (Fsp3) is 0.520. The van der Waals surface area contributed by atoms with Crippen LogP contribution in [0.3, 0.4) is 0 Å². The van der Waals surface area contributed by atoms with Crippen LogP contribution in [0.25, 0.3) is 0 Å². The highest BCUT2D eigenvalue weighted by molar-refractivity contribution is 5.52. The van der Waals surface area contributed by atoms with Crippen molar-refractivity contribution >= 4 is 0 Å². The molecule has 1 aliphatic rings. The third kappa shape index (κ3) is 6.05. The molecule has 0 amide bonds. The van der Waals surface area contributed by atoms with Gasteiger partial charge in [0.25, 0.3) is 0 Å². The molecule has 0 bridgehead atoms. The molecular weight excluding hydrogens is 396 g/mol. The quantitative estimate of drug-likeness (QED) is 0.338. The summed E-state index contributed by atoms with van der Waals surface area (Å²) in [6.45, 7) is 2.16. The van der Waals surface area contributed by atoms with Gasteiger partial charge in [-0.25, -0.2) is 0 Å². The maximum atomic E-state index is 10.4. The molecule has 31 heavy (non-hydrogen) atoms. The van der Waals surface area contributed by atoms with E-state index in [1.807, 2.05) is 6.07 Å². The average molecular weight is 431 g/mol. The summed E-state index contributed by atoms with van der Waals surface area (Å²) in [7, 11) is 1.42. The summed E-state index contributed by atoms with van der Waals surface area (Å²) in [5, 5.41) is 40.4. The molecule has 3 atom stereocenters. The number of aromatic hydroxyl groups is 3. The van der Waals surface area contributed by atoms with Gasteiger partial charge in [-0.05, 0) is 67.0 Å². The number of ether oxygens (including phenoxy) is 2. The Balaban J connectivity index is 1.65. The van der Waals surface area contributed by atoms with E-state index in [9.17, 15) is 20.4 Å². The van der Waals surface area contributed by atoms with E-state index in [0.717, 1.165) is 49.7 Å². The highest BCUT2D eigenvalue weighted by Gasteiger charge is 2.30. The van der Waals surface area contributed by atoms with E-state index in [-0.39, 0.29) is 23.4 Å². The minimum absolute atomic E-state index is 0.131. The molecule has 0 aromatic heterocycles. The van der Waals surface area contributed by atoms with Crippen molar-refractivity contribution in [1.29, 1.82) is 0 Å². The van der Waals surface area contributed by atoms with Crippen molar-refractivity contribution in [3.63, 3.8) is 0 Å². The third-order valence-corrected chi connectivity index (χ3v) is 6.00. The number of benzene rings is 2. The average Bonchev–Trinajstić information content (AvgIpc) is 2.75. The van der Waals surface area contributed by atoms with Crippen LogP contribution in [0.2, 0.25) is 0 Å². The lowest BCUT2D eigenvalue weighted by Crippen LogP contribution is -2.31. The first-order valence-corrected chi connectivity index (χ1v) is 11.1. The fourth-order valence-electron chi connectivity index (χ4n) is 4.23. The van der Waals surface area contributed by atoms with Crippen molar-refractivity contribution in [3.8, 4) is 23.0 Å². The summed E-state index contributed by atoms with van der Waals surface area (Å²) in [4.78, 5) is 0. The van der Waals surface area contributed by atoms with Gasteiger partial charge in [-0.1, -0.05) is 31.9 Å². The molecule has 0 saturated carbocycles. The van der Waals surface area contributed by atoms with Crippen LogP contribution in [-0.2, 0) is 17.6 Å². The molecule has 1 fully saturated rings. The molecule has 0 aliphatic carbocycles. The topological polar surface area (TPSA) is 99.4 Å². The van der Waals surface area contributed by atoms with Crippen molar-refractivity contribution in [2.24, 2.45) is 0 Å². The maximum absolute atomic E-state index is 10.4. The van der Waals surface area contributed by atoms with Gasteiger partial charge in [0.1, 0.15) is 5.75 Å². The molecule has 4 N–H and O–H groups in total. The Morgan fingerprint density at radius 2 is 1.81 bits per heavy atom. The minimum atomic E-state index is -0.505. The fourth-order valence-corrected chi connectivity index (χ4v) is 4.23.